The Hall–Kier alpha value is -2.44. The van der Waals surface area contributed by atoms with Gasteiger partial charge in [0.2, 0.25) is 0 Å². The fourth-order valence-corrected chi connectivity index (χ4v) is 5.12. The minimum atomic E-state index is -0.631. The van der Waals surface area contributed by atoms with Crippen LogP contribution < -0.4 is 0 Å². The van der Waals surface area contributed by atoms with Crippen molar-refractivity contribution in [2.45, 2.75) is 51.7 Å². The quantitative estimate of drug-likeness (QED) is 0.421. The van der Waals surface area contributed by atoms with Crippen LogP contribution in [0.2, 0.25) is 0 Å². The topological polar surface area (TPSA) is 66.8 Å². The van der Waals surface area contributed by atoms with E-state index in [4.69, 9.17) is 4.74 Å². The van der Waals surface area contributed by atoms with Gasteiger partial charge >= 0.3 is 0 Å². The summed E-state index contributed by atoms with van der Waals surface area (Å²) in [6.07, 6.45) is 4.38. The second-order valence-electron chi connectivity index (χ2n) is 8.12. The molecule has 5 nitrogen and oxygen atoms in total. The maximum Gasteiger partial charge on any atom is 0.295 e. The van der Waals surface area contributed by atoms with Crippen LogP contribution in [0.25, 0.3) is 5.76 Å². The van der Waals surface area contributed by atoms with Gasteiger partial charge in [-0.15, -0.1) is 11.3 Å². The molecule has 1 aliphatic heterocycles. The Morgan fingerprint density at radius 3 is 2.67 bits per heavy atom. The zero-order valence-corrected chi connectivity index (χ0v) is 18.2. The third kappa shape index (κ3) is 3.94. The largest absolute Gasteiger partial charge is 0.507 e. The fraction of sp³-hybridized carbons (Fsp3) is 0.417. The fourth-order valence-electron chi connectivity index (χ4n) is 4.28. The van der Waals surface area contributed by atoms with E-state index in [1.54, 1.807) is 0 Å². The Balaban J connectivity index is 1.74. The first-order valence-electron chi connectivity index (χ1n) is 10.5. The first-order chi connectivity index (χ1) is 14.5. The van der Waals surface area contributed by atoms with Crippen LogP contribution in [0.15, 0.2) is 41.3 Å². The van der Waals surface area contributed by atoms with Crippen molar-refractivity contribution in [3.8, 4) is 0 Å². The van der Waals surface area contributed by atoms with Gasteiger partial charge in [0.05, 0.1) is 24.3 Å². The van der Waals surface area contributed by atoms with Crippen molar-refractivity contribution >= 4 is 28.8 Å². The second kappa shape index (κ2) is 8.74. The lowest BCUT2D eigenvalue weighted by Crippen LogP contribution is -2.33. The molecule has 1 aromatic carbocycles. The Morgan fingerprint density at radius 2 is 1.97 bits per heavy atom. The number of aliphatic hydroxyl groups excluding tert-OH is 1. The second-order valence-corrected chi connectivity index (χ2v) is 9.10. The van der Waals surface area contributed by atoms with E-state index in [-0.39, 0.29) is 17.4 Å². The summed E-state index contributed by atoms with van der Waals surface area (Å²) in [7, 11) is 0. The van der Waals surface area contributed by atoms with Crippen LogP contribution in [-0.4, -0.2) is 41.0 Å². The average Bonchev–Trinajstić information content (AvgIpc) is 3.35. The van der Waals surface area contributed by atoms with Crippen LogP contribution in [0.5, 0.6) is 0 Å². The Labute approximate surface area is 181 Å². The van der Waals surface area contributed by atoms with Crippen molar-refractivity contribution in [2.75, 3.05) is 13.2 Å². The van der Waals surface area contributed by atoms with Gasteiger partial charge in [0.15, 0.2) is 0 Å². The number of carbonyl (C=O) groups is 2. The summed E-state index contributed by atoms with van der Waals surface area (Å²) in [5, 5.41) is 13.1. The first kappa shape index (κ1) is 20.8. The number of carbonyl (C=O) groups excluding carboxylic acids is 2. The van der Waals surface area contributed by atoms with Gasteiger partial charge in [-0.2, -0.15) is 0 Å². The van der Waals surface area contributed by atoms with Crippen LogP contribution >= 0.6 is 11.3 Å². The molecule has 0 spiro atoms. The molecule has 1 fully saturated rings. The van der Waals surface area contributed by atoms with Crippen LogP contribution in [0.3, 0.4) is 0 Å². The molecular weight excluding hydrogens is 398 g/mol. The molecule has 0 bridgehead atoms. The average molecular weight is 426 g/mol. The SMILES string of the molecule is CC(C)OCCN1C(=O)C(=O)/C(=C(\O)c2ccc3c(c2)CCCC3)C1c1cccs1. The molecule has 6 heteroatoms. The van der Waals surface area contributed by atoms with Crippen LogP contribution in [-0.2, 0) is 27.2 Å². The number of aliphatic hydroxyl groups is 1. The number of Topliss-reactive ketones (excluding diaryl/α,β-unsaturated/α-hetero) is 1. The molecule has 4 rings (SSSR count). The summed E-state index contributed by atoms with van der Waals surface area (Å²) in [6, 6.07) is 9.08. The van der Waals surface area contributed by atoms with Gasteiger partial charge in [0.1, 0.15) is 5.76 Å². The van der Waals surface area contributed by atoms with E-state index in [1.165, 1.54) is 33.8 Å². The van der Waals surface area contributed by atoms with Crippen molar-refractivity contribution in [3.05, 3.63) is 62.9 Å². The molecule has 1 saturated heterocycles. The first-order valence-corrected chi connectivity index (χ1v) is 11.4. The number of aryl methyl sites for hydroxylation is 2. The van der Waals surface area contributed by atoms with Gasteiger partial charge in [-0.25, -0.2) is 0 Å². The van der Waals surface area contributed by atoms with Gasteiger partial charge in [-0.1, -0.05) is 18.2 Å². The smallest absolute Gasteiger partial charge is 0.295 e. The molecule has 1 amide bonds. The van der Waals surface area contributed by atoms with E-state index in [1.807, 2.05) is 49.6 Å². The van der Waals surface area contributed by atoms with E-state index < -0.39 is 17.7 Å². The van der Waals surface area contributed by atoms with Crippen LogP contribution in [0.1, 0.15) is 54.3 Å². The number of benzene rings is 1. The molecule has 158 valence electrons. The summed E-state index contributed by atoms with van der Waals surface area (Å²) in [5.74, 6) is -1.30. The van der Waals surface area contributed by atoms with E-state index in [0.717, 1.165) is 24.1 Å². The predicted molar refractivity (Wildman–Crippen MR) is 118 cm³/mol. The summed E-state index contributed by atoms with van der Waals surface area (Å²) < 4.78 is 5.62. The van der Waals surface area contributed by atoms with Gasteiger partial charge in [0, 0.05) is 17.0 Å². The summed E-state index contributed by atoms with van der Waals surface area (Å²) in [6.45, 7) is 4.50. The molecule has 2 aromatic rings. The van der Waals surface area contributed by atoms with Crippen molar-refractivity contribution in [2.24, 2.45) is 0 Å². The van der Waals surface area contributed by atoms with Crippen molar-refractivity contribution in [3.63, 3.8) is 0 Å². The van der Waals surface area contributed by atoms with Crippen LogP contribution in [0.4, 0.5) is 0 Å². The number of likely N-dealkylation sites (tertiary alicyclic amines) is 1. The van der Waals surface area contributed by atoms with E-state index in [2.05, 4.69) is 0 Å². The normalized spacial score (nSPS) is 20.8. The number of nitrogens with zero attached hydrogens (tertiary/aromatic N) is 1. The minimum Gasteiger partial charge on any atom is -0.507 e. The molecule has 1 atom stereocenters. The number of hydrogen-bond acceptors (Lipinski definition) is 5. The highest BCUT2D eigenvalue weighted by molar-refractivity contribution is 7.10. The minimum absolute atomic E-state index is 0.0394. The molecule has 1 aromatic heterocycles. The molecule has 30 heavy (non-hydrogen) atoms. The van der Waals surface area contributed by atoms with Gasteiger partial charge in [-0.3, -0.25) is 9.59 Å². The summed E-state index contributed by atoms with van der Waals surface area (Å²) in [4.78, 5) is 28.2. The highest BCUT2D eigenvalue weighted by Crippen LogP contribution is 2.41. The third-order valence-corrected chi connectivity index (χ3v) is 6.68. The molecule has 0 saturated carbocycles. The molecule has 1 aliphatic carbocycles. The maximum absolute atomic E-state index is 13.0. The molecule has 0 radical (unpaired) electrons. The third-order valence-electron chi connectivity index (χ3n) is 5.76. The van der Waals surface area contributed by atoms with Gasteiger partial charge < -0.3 is 14.7 Å². The molecule has 2 heterocycles. The number of ether oxygens (including phenoxy) is 1. The Morgan fingerprint density at radius 1 is 1.20 bits per heavy atom. The monoisotopic (exact) mass is 425 g/mol. The standard InChI is InChI=1S/C24H27NO4S/c1-15(2)29-12-11-25-21(19-8-5-13-30-19)20(23(27)24(25)28)22(26)18-10-9-16-6-3-4-7-17(16)14-18/h5,8-10,13-15,21,26H,3-4,6-7,11-12H2,1-2H3/b22-20-. The zero-order valence-electron chi connectivity index (χ0n) is 17.4. The van der Waals surface area contributed by atoms with Crippen molar-refractivity contribution in [1.82, 2.24) is 4.90 Å². The maximum atomic E-state index is 13.0. The number of rotatable bonds is 6. The molecular formula is C24H27NO4S. The molecule has 1 unspecified atom stereocenters. The summed E-state index contributed by atoms with van der Waals surface area (Å²) in [5.41, 5.74) is 3.30. The number of hydrogen-bond donors (Lipinski definition) is 1. The van der Waals surface area contributed by atoms with Gasteiger partial charge in [0.25, 0.3) is 11.7 Å². The Kier molecular flexibility index (Phi) is 6.06. The Bertz CT molecular complexity index is 977. The summed E-state index contributed by atoms with van der Waals surface area (Å²) >= 11 is 1.47. The predicted octanol–water partition coefficient (Wildman–Crippen LogP) is 4.47. The van der Waals surface area contributed by atoms with Crippen LogP contribution in [0, 0.1) is 0 Å². The van der Waals surface area contributed by atoms with E-state index in [0.29, 0.717) is 18.7 Å². The van der Waals surface area contributed by atoms with Crippen molar-refractivity contribution < 1.29 is 19.4 Å². The lowest BCUT2D eigenvalue weighted by Gasteiger charge is -2.24. The zero-order chi connectivity index (χ0) is 21.3. The number of amides is 1. The van der Waals surface area contributed by atoms with E-state index >= 15 is 0 Å². The number of fused-ring (bicyclic) bond motifs is 1. The highest BCUT2D eigenvalue weighted by Gasteiger charge is 2.46. The van der Waals surface area contributed by atoms with E-state index in [9.17, 15) is 14.7 Å². The number of ketones is 1. The van der Waals surface area contributed by atoms with Gasteiger partial charge in [-0.05, 0) is 68.2 Å². The van der Waals surface area contributed by atoms with Crippen molar-refractivity contribution in [1.29, 1.82) is 0 Å². The molecule has 2 aliphatic rings. The lowest BCUT2D eigenvalue weighted by molar-refractivity contribution is -0.140. The molecule has 1 N–H and O–H groups in total. The lowest BCUT2D eigenvalue weighted by atomic mass is 9.89. The highest BCUT2D eigenvalue weighted by atomic mass is 32.1. The number of thiophene rings is 1.